The molecule has 1 fully saturated rings. The SMILES string of the molecule is CC(=O)c1ccc(OCC(=O)OCC(=O)N(C)[C@@H]2CCS(=O)(=O)C2)cc1. The lowest BCUT2D eigenvalue weighted by Crippen LogP contribution is -2.40. The first-order valence-electron chi connectivity index (χ1n) is 8.03. The fraction of sp³-hybridized carbons (Fsp3) is 0.471. The number of hydrogen-bond donors (Lipinski definition) is 0. The number of nitrogens with zero attached hydrogens (tertiary/aromatic N) is 1. The lowest BCUT2D eigenvalue weighted by Gasteiger charge is -2.23. The lowest BCUT2D eigenvalue weighted by molar-refractivity contribution is -0.153. The lowest BCUT2D eigenvalue weighted by atomic mass is 10.1. The minimum absolute atomic E-state index is 0.0608. The van der Waals surface area contributed by atoms with Crippen molar-refractivity contribution in [3.8, 4) is 5.75 Å². The number of rotatable bonds is 7. The Balaban J connectivity index is 1.74. The van der Waals surface area contributed by atoms with Crippen LogP contribution in [-0.4, -0.2) is 68.8 Å². The van der Waals surface area contributed by atoms with Gasteiger partial charge in [-0.25, -0.2) is 13.2 Å². The summed E-state index contributed by atoms with van der Waals surface area (Å²) >= 11 is 0. The van der Waals surface area contributed by atoms with Crippen LogP contribution in [-0.2, 0) is 24.2 Å². The maximum absolute atomic E-state index is 12.0. The van der Waals surface area contributed by atoms with Crippen LogP contribution in [0.5, 0.6) is 5.75 Å². The molecule has 0 saturated carbocycles. The van der Waals surface area contributed by atoms with Crippen molar-refractivity contribution < 1.29 is 32.3 Å². The van der Waals surface area contributed by atoms with E-state index < -0.39 is 28.3 Å². The van der Waals surface area contributed by atoms with Crippen molar-refractivity contribution in [1.29, 1.82) is 0 Å². The predicted octanol–water partition coefficient (Wildman–Crippen LogP) is 0.457. The van der Waals surface area contributed by atoms with Gasteiger partial charge in [0.15, 0.2) is 28.8 Å². The Morgan fingerprint density at radius 1 is 1.15 bits per heavy atom. The molecule has 9 heteroatoms. The summed E-state index contributed by atoms with van der Waals surface area (Å²) in [6, 6.07) is 5.89. The molecule has 1 heterocycles. The van der Waals surface area contributed by atoms with Gasteiger partial charge in [-0.2, -0.15) is 0 Å². The summed E-state index contributed by atoms with van der Waals surface area (Å²) in [5, 5.41) is 0. The molecule has 0 N–H and O–H groups in total. The van der Waals surface area contributed by atoms with E-state index in [4.69, 9.17) is 9.47 Å². The molecule has 1 aromatic rings. The molecule has 1 aliphatic heterocycles. The van der Waals surface area contributed by atoms with E-state index in [2.05, 4.69) is 0 Å². The third kappa shape index (κ3) is 5.55. The van der Waals surface area contributed by atoms with Gasteiger partial charge >= 0.3 is 5.97 Å². The summed E-state index contributed by atoms with van der Waals surface area (Å²) in [4.78, 5) is 36.2. The Morgan fingerprint density at radius 2 is 1.81 bits per heavy atom. The van der Waals surface area contributed by atoms with Crippen LogP contribution in [0.25, 0.3) is 0 Å². The number of Topliss-reactive ketones (excluding diaryl/α,β-unsaturated/α-hetero) is 1. The molecule has 1 saturated heterocycles. The van der Waals surface area contributed by atoms with E-state index in [1.54, 1.807) is 24.3 Å². The average molecular weight is 383 g/mol. The number of amides is 1. The van der Waals surface area contributed by atoms with Gasteiger partial charge in [0.2, 0.25) is 0 Å². The zero-order chi connectivity index (χ0) is 19.3. The summed E-state index contributed by atoms with van der Waals surface area (Å²) in [5.41, 5.74) is 0.530. The van der Waals surface area contributed by atoms with E-state index in [0.717, 1.165) is 0 Å². The average Bonchev–Trinajstić information content (AvgIpc) is 2.97. The van der Waals surface area contributed by atoms with Gasteiger partial charge in [0.05, 0.1) is 11.5 Å². The van der Waals surface area contributed by atoms with Crippen LogP contribution in [0.4, 0.5) is 0 Å². The highest BCUT2D eigenvalue weighted by molar-refractivity contribution is 7.91. The Kier molecular flexibility index (Phi) is 6.36. The molecule has 0 bridgehead atoms. The maximum atomic E-state index is 12.0. The highest BCUT2D eigenvalue weighted by atomic mass is 32.2. The smallest absolute Gasteiger partial charge is 0.344 e. The quantitative estimate of drug-likeness (QED) is 0.497. The summed E-state index contributed by atoms with van der Waals surface area (Å²) in [6.07, 6.45) is 0.387. The van der Waals surface area contributed by atoms with Crippen molar-refractivity contribution in [2.45, 2.75) is 19.4 Å². The number of carbonyl (C=O) groups is 3. The van der Waals surface area contributed by atoms with Gasteiger partial charge in [-0.3, -0.25) is 9.59 Å². The maximum Gasteiger partial charge on any atom is 0.344 e. The number of esters is 1. The van der Waals surface area contributed by atoms with E-state index in [0.29, 0.717) is 17.7 Å². The molecule has 2 rings (SSSR count). The third-order valence-corrected chi connectivity index (χ3v) is 5.87. The van der Waals surface area contributed by atoms with Gasteiger partial charge < -0.3 is 14.4 Å². The molecular weight excluding hydrogens is 362 g/mol. The normalized spacial score (nSPS) is 18.2. The molecule has 142 valence electrons. The molecule has 1 aliphatic rings. The summed E-state index contributed by atoms with van der Waals surface area (Å²) in [6.45, 7) is 0.592. The first-order chi connectivity index (χ1) is 12.2. The topological polar surface area (TPSA) is 107 Å². The minimum Gasteiger partial charge on any atom is -0.482 e. The Hall–Kier alpha value is -2.42. The van der Waals surface area contributed by atoms with Crippen LogP contribution >= 0.6 is 0 Å². The van der Waals surface area contributed by atoms with Crippen LogP contribution in [0, 0.1) is 0 Å². The van der Waals surface area contributed by atoms with Gasteiger partial charge in [0, 0.05) is 18.7 Å². The molecule has 0 radical (unpaired) electrons. The van der Waals surface area contributed by atoms with Crippen molar-refractivity contribution >= 4 is 27.5 Å². The van der Waals surface area contributed by atoms with Gasteiger partial charge in [0.1, 0.15) is 5.75 Å². The molecule has 0 aromatic heterocycles. The monoisotopic (exact) mass is 383 g/mol. The second-order valence-corrected chi connectivity index (χ2v) is 8.32. The highest BCUT2D eigenvalue weighted by Crippen LogP contribution is 2.16. The number of ether oxygens (including phenoxy) is 2. The second kappa shape index (κ2) is 8.31. The fourth-order valence-corrected chi connectivity index (χ4v) is 4.27. The molecule has 0 unspecified atom stereocenters. The molecule has 1 atom stereocenters. The molecule has 1 aromatic carbocycles. The van der Waals surface area contributed by atoms with Gasteiger partial charge in [0.25, 0.3) is 5.91 Å². The van der Waals surface area contributed by atoms with Crippen molar-refractivity contribution in [3.05, 3.63) is 29.8 Å². The summed E-state index contributed by atoms with van der Waals surface area (Å²) < 4.78 is 33.0. The number of ketones is 1. The Bertz CT molecular complexity index is 786. The minimum atomic E-state index is -3.10. The standard InChI is InChI=1S/C17H21NO7S/c1-12(19)13-3-5-15(6-4-13)24-10-17(21)25-9-16(20)18(2)14-7-8-26(22,23)11-14/h3-6,14H,7-11H2,1-2H3/t14-/m1/s1. The van der Waals surface area contributed by atoms with Gasteiger partial charge in [-0.1, -0.05) is 0 Å². The van der Waals surface area contributed by atoms with Crippen molar-refractivity contribution in [2.24, 2.45) is 0 Å². The van der Waals surface area contributed by atoms with Gasteiger partial charge in [-0.15, -0.1) is 0 Å². The van der Waals surface area contributed by atoms with E-state index in [1.165, 1.54) is 18.9 Å². The van der Waals surface area contributed by atoms with E-state index >= 15 is 0 Å². The van der Waals surface area contributed by atoms with Crippen molar-refractivity contribution in [2.75, 3.05) is 31.8 Å². The highest BCUT2D eigenvalue weighted by Gasteiger charge is 2.32. The Labute approximate surface area is 152 Å². The molecule has 8 nitrogen and oxygen atoms in total. The number of sulfone groups is 1. The molecule has 0 aliphatic carbocycles. The predicted molar refractivity (Wildman–Crippen MR) is 92.7 cm³/mol. The van der Waals surface area contributed by atoms with Crippen LogP contribution < -0.4 is 4.74 Å². The Morgan fingerprint density at radius 3 is 2.35 bits per heavy atom. The summed E-state index contributed by atoms with van der Waals surface area (Å²) in [7, 11) is -1.60. The summed E-state index contributed by atoms with van der Waals surface area (Å²) in [5.74, 6) is -0.874. The molecule has 26 heavy (non-hydrogen) atoms. The molecular formula is C17H21NO7S. The first-order valence-corrected chi connectivity index (χ1v) is 9.85. The van der Waals surface area contributed by atoms with E-state index in [1.807, 2.05) is 0 Å². The largest absolute Gasteiger partial charge is 0.482 e. The molecule has 1 amide bonds. The first kappa shape index (κ1) is 19.9. The number of carbonyl (C=O) groups excluding carboxylic acids is 3. The van der Waals surface area contributed by atoms with E-state index in [-0.39, 0.29) is 29.9 Å². The van der Waals surface area contributed by atoms with Crippen molar-refractivity contribution in [1.82, 2.24) is 4.90 Å². The van der Waals surface area contributed by atoms with Crippen LogP contribution in [0.3, 0.4) is 0 Å². The van der Waals surface area contributed by atoms with E-state index in [9.17, 15) is 22.8 Å². The zero-order valence-corrected chi connectivity index (χ0v) is 15.5. The third-order valence-electron chi connectivity index (χ3n) is 4.12. The van der Waals surface area contributed by atoms with Crippen LogP contribution in [0.15, 0.2) is 24.3 Å². The van der Waals surface area contributed by atoms with Gasteiger partial charge in [-0.05, 0) is 37.6 Å². The second-order valence-electron chi connectivity index (χ2n) is 6.09. The zero-order valence-electron chi connectivity index (χ0n) is 14.6. The van der Waals surface area contributed by atoms with Crippen LogP contribution in [0.2, 0.25) is 0 Å². The fourth-order valence-electron chi connectivity index (χ4n) is 2.50. The number of hydrogen-bond acceptors (Lipinski definition) is 7. The number of likely N-dealkylation sites (N-methyl/N-ethyl adjacent to an activating group) is 1. The van der Waals surface area contributed by atoms with Crippen LogP contribution in [0.1, 0.15) is 23.7 Å². The molecule has 0 spiro atoms. The number of benzene rings is 1. The van der Waals surface area contributed by atoms with Crippen molar-refractivity contribution in [3.63, 3.8) is 0 Å².